The van der Waals surface area contributed by atoms with Crippen molar-refractivity contribution >= 4 is 17.7 Å². The number of imide groups is 1. The maximum atomic E-state index is 12.9. The van der Waals surface area contributed by atoms with Crippen molar-refractivity contribution < 1.29 is 19.1 Å². The van der Waals surface area contributed by atoms with Crippen LogP contribution in [0.4, 0.5) is 0 Å². The molecule has 1 N–H and O–H groups in total. The molecule has 3 amide bonds. The molecule has 3 aliphatic heterocycles. The molecule has 1 aromatic heterocycles. The van der Waals surface area contributed by atoms with Gasteiger partial charge in [-0.05, 0) is 66.6 Å². The standard InChI is InChI=1S/C25H26N4O4/c30-23-7-6-21(24(31)27-23)29-14-16-10-18(4-5-19(16)25(29)32)33-22-3-1-2-20(22)28-12-15-8-9-26-11-17(15)13-28/h4-5,8-11,20-22H,1-3,6-7,12-14H2,(H,27,30,31)/t20-,21?,22+/m0/s1. The normalized spacial score (nSPS) is 27.0. The number of benzene rings is 1. The highest BCUT2D eigenvalue weighted by molar-refractivity contribution is 6.05. The summed E-state index contributed by atoms with van der Waals surface area (Å²) in [5.74, 6) is -0.0609. The van der Waals surface area contributed by atoms with Crippen LogP contribution < -0.4 is 10.1 Å². The average molecular weight is 447 g/mol. The molecule has 0 spiro atoms. The van der Waals surface area contributed by atoms with E-state index in [9.17, 15) is 14.4 Å². The third-order valence-corrected chi connectivity index (χ3v) is 7.42. The number of ether oxygens (including phenoxy) is 1. The first-order valence-corrected chi connectivity index (χ1v) is 11.7. The molecule has 1 aromatic carbocycles. The van der Waals surface area contributed by atoms with Gasteiger partial charge in [0.15, 0.2) is 0 Å². The Hall–Kier alpha value is -3.26. The number of hydrogen-bond acceptors (Lipinski definition) is 6. The lowest BCUT2D eigenvalue weighted by molar-refractivity contribution is -0.136. The summed E-state index contributed by atoms with van der Waals surface area (Å²) in [4.78, 5) is 45.0. The van der Waals surface area contributed by atoms with Gasteiger partial charge >= 0.3 is 0 Å². The number of nitrogens with one attached hydrogen (secondary N) is 1. The lowest BCUT2D eigenvalue weighted by Gasteiger charge is -2.29. The maximum absolute atomic E-state index is 12.9. The van der Waals surface area contributed by atoms with Gasteiger partial charge in [-0.25, -0.2) is 0 Å². The monoisotopic (exact) mass is 446 g/mol. The smallest absolute Gasteiger partial charge is 0.255 e. The van der Waals surface area contributed by atoms with E-state index in [0.717, 1.165) is 43.7 Å². The first kappa shape index (κ1) is 20.4. The van der Waals surface area contributed by atoms with Crippen molar-refractivity contribution in [2.45, 2.75) is 69.9 Å². The SMILES string of the molecule is O=C1CCC(N2Cc3cc(O[C@@H]4CCC[C@@H]4N4Cc5ccncc5C4)ccc3C2=O)C(=O)N1. The number of rotatable bonds is 4. The number of nitrogens with zero attached hydrogens (tertiary/aromatic N) is 3. The van der Waals surface area contributed by atoms with E-state index in [1.165, 1.54) is 11.1 Å². The molecule has 2 aromatic rings. The van der Waals surface area contributed by atoms with Gasteiger partial charge in [0.05, 0.1) is 0 Å². The predicted octanol–water partition coefficient (Wildman–Crippen LogP) is 2.16. The van der Waals surface area contributed by atoms with Crippen molar-refractivity contribution in [1.82, 2.24) is 20.1 Å². The number of pyridine rings is 1. The number of piperidine rings is 1. The third-order valence-electron chi connectivity index (χ3n) is 7.42. The lowest BCUT2D eigenvalue weighted by Crippen LogP contribution is -2.52. The second-order valence-electron chi connectivity index (χ2n) is 9.42. The molecule has 4 heterocycles. The van der Waals surface area contributed by atoms with E-state index in [1.54, 1.807) is 11.0 Å². The minimum atomic E-state index is -0.600. The Bertz CT molecular complexity index is 1120. The zero-order chi connectivity index (χ0) is 22.5. The Labute approximate surface area is 191 Å². The number of fused-ring (bicyclic) bond motifs is 2. The average Bonchev–Trinajstić information content (AvgIpc) is 3.51. The Morgan fingerprint density at radius 1 is 0.970 bits per heavy atom. The number of carbonyl (C=O) groups is 3. The molecule has 2 fully saturated rings. The largest absolute Gasteiger partial charge is 0.489 e. The topological polar surface area (TPSA) is 91.8 Å². The van der Waals surface area contributed by atoms with E-state index in [4.69, 9.17) is 4.74 Å². The van der Waals surface area contributed by atoms with Crippen LogP contribution in [-0.4, -0.2) is 50.7 Å². The minimum Gasteiger partial charge on any atom is -0.489 e. The van der Waals surface area contributed by atoms with Crippen LogP contribution in [0.1, 0.15) is 59.2 Å². The van der Waals surface area contributed by atoms with E-state index in [-0.39, 0.29) is 30.2 Å². The molecule has 3 atom stereocenters. The van der Waals surface area contributed by atoms with Crippen molar-refractivity contribution in [3.05, 3.63) is 58.9 Å². The predicted molar refractivity (Wildman–Crippen MR) is 118 cm³/mol. The molecule has 1 saturated carbocycles. The highest BCUT2D eigenvalue weighted by atomic mass is 16.5. The van der Waals surface area contributed by atoms with Gasteiger partial charge in [0, 0.05) is 50.1 Å². The fourth-order valence-electron chi connectivity index (χ4n) is 5.74. The van der Waals surface area contributed by atoms with Gasteiger partial charge < -0.3 is 9.64 Å². The van der Waals surface area contributed by atoms with Crippen LogP contribution in [0.2, 0.25) is 0 Å². The highest BCUT2D eigenvalue weighted by Crippen LogP contribution is 2.35. The second-order valence-corrected chi connectivity index (χ2v) is 9.42. The van der Waals surface area contributed by atoms with E-state index >= 15 is 0 Å². The summed E-state index contributed by atoms with van der Waals surface area (Å²) in [5.41, 5.74) is 4.13. The number of hydrogen-bond donors (Lipinski definition) is 1. The molecule has 4 aliphatic rings. The van der Waals surface area contributed by atoms with Crippen LogP contribution in [0.3, 0.4) is 0 Å². The molecule has 170 valence electrons. The van der Waals surface area contributed by atoms with Crippen LogP contribution >= 0.6 is 0 Å². The molecular weight excluding hydrogens is 420 g/mol. The fraction of sp³-hybridized carbons (Fsp3) is 0.440. The third kappa shape index (κ3) is 3.58. The molecule has 8 heteroatoms. The van der Waals surface area contributed by atoms with Crippen molar-refractivity contribution in [2.75, 3.05) is 0 Å². The van der Waals surface area contributed by atoms with Gasteiger partial charge in [0.2, 0.25) is 11.8 Å². The van der Waals surface area contributed by atoms with Gasteiger partial charge in [-0.15, -0.1) is 0 Å². The molecule has 6 rings (SSSR count). The Kier molecular flexibility index (Phi) is 4.90. The summed E-state index contributed by atoms with van der Waals surface area (Å²) in [6.07, 6.45) is 7.80. The van der Waals surface area contributed by atoms with E-state index in [2.05, 4.69) is 21.3 Å². The molecule has 0 bridgehead atoms. The summed E-state index contributed by atoms with van der Waals surface area (Å²) in [7, 11) is 0. The lowest BCUT2D eigenvalue weighted by atomic mass is 10.0. The second kappa shape index (κ2) is 7.95. The summed E-state index contributed by atoms with van der Waals surface area (Å²) in [6.45, 7) is 2.20. The van der Waals surface area contributed by atoms with Crippen LogP contribution in [0, 0.1) is 0 Å². The van der Waals surface area contributed by atoms with Crippen LogP contribution in [0.5, 0.6) is 5.75 Å². The fourth-order valence-corrected chi connectivity index (χ4v) is 5.74. The van der Waals surface area contributed by atoms with Gasteiger partial charge in [-0.1, -0.05) is 0 Å². The Morgan fingerprint density at radius 3 is 2.70 bits per heavy atom. The van der Waals surface area contributed by atoms with Gasteiger partial charge in [0.1, 0.15) is 17.9 Å². The number of carbonyl (C=O) groups excluding carboxylic acids is 3. The summed E-state index contributed by atoms with van der Waals surface area (Å²) in [5, 5.41) is 2.35. The first-order valence-electron chi connectivity index (χ1n) is 11.7. The number of amides is 3. The molecule has 33 heavy (non-hydrogen) atoms. The Morgan fingerprint density at radius 2 is 1.85 bits per heavy atom. The van der Waals surface area contributed by atoms with Crippen molar-refractivity contribution in [2.24, 2.45) is 0 Å². The van der Waals surface area contributed by atoms with Crippen LogP contribution in [0.15, 0.2) is 36.7 Å². The molecule has 1 unspecified atom stereocenters. The maximum Gasteiger partial charge on any atom is 0.255 e. The first-order chi connectivity index (χ1) is 16.1. The van der Waals surface area contributed by atoms with Gasteiger partial charge in [-0.3, -0.25) is 29.6 Å². The quantitative estimate of drug-likeness (QED) is 0.724. The molecule has 1 saturated heterocycles. The summed E-state index contributed by atoms with van der Waals surface area (Å²) < 4.78 is 6.46. The van der Waals surface area contributed by atoms with Gasteiger partial charge in [0.25, 0.3) is 5.91 Å². The van der Waals surface area contributed by atoms with Crippen molar-refractivity contribution in [1.29, 1.82) is 0 Å². The minimum absolute atomic E-state index is 0.105. The Balaban J connectivity index is 1.16. The number of aromatic nitrogens is 1. The van der Waals surface area contributed by atoms with Crippen molar-refractivity contribution in [3.8, 4) is 5.75 Å². The van der Waals surface area contributed by atoms with E-state index in [1.807, 2.05) is 24.5 Å². The van der Waals surface area contributed by atoms with E-state index in [0.29, 0.717) is 24.6 Å². The highest BCUT2D eigenvalue weighted by Gasteiger charge is 2.40. The van der Waals surface area contributed by atoms with E-state index < -0.39 is 6.04 Å². The van der Waals surface area contributed by atoms with Gasteiger partial charge in [-0.2, -0.15) is 0 Å². The molecule has 0 radical (unpaired) electrons. The van der Waals surface area contributed by atoms with Crippen LogP contribution in [-0.2, 0) is 29.2 Å². The molecular formula is C25H26N4O4. The summed E-state index contributed by atoms with van der Waals surface area (Å²) >= 11 is 0. The summed E-state index contributed by atoms with van der Waals surface area (Å²) in [6, 6.07) is 7.47. The molecule has 1 aliphatic carbocycles. The molecule has 8 nitrogen and oxygen atoms in total. The van der Waals surface area contributed by atoms with Crippen molar-refractivity contribution in [3.63, 3.8) is 0 Å². The zero-order valence-electron chi connectivity index (χ0n) is 18.3. The van der Waals surface area contributed by atoms with Crippen LogP contribution in [0.25, 0.3) is 0 Å². The zero-order valence-corrected chi connectivity index (χ0v) is 18.3.